The van der Waals surface area contributed by atoms with Crippen LogP contribution in [0.25, 0.3) is 0 Å². The lowest BCUT2D eigenvalue weighted by Crippen LogP contribution is -2.38. The lowest BCUT2D eigenvalue weighted by atomic mass is 9.88. The van der Waals surface area contributed by atoms with Crippen LogP contribution in [0.5, 0.6) is 5.75 Å². The summed E-state index contributed by atoms with van der Waals surface area (Å²) in [5, 5.41) is 0. The van der Waals surface area contributed by atoms with Crippen LogP contribution in [0.15, 0.2) is 22.9 Å². The van der Waals surface area contributed by atoms with Crippen molar-refractivity contribution in [1.29, 1.82) is 0 Å². The maximum atomic E-state index is 12.0. The Morgan fingerprint density at radius 2 is 2.05 bits per heavy atom. The molecule has 0 spiro atoms. The molecule has 1 heterocycles. The topological polar surface area (TPSA) is 65.5 Å². The number of esters is 1. The molecule has 0 aromatic carbocycles. The summed E-state index contributed by atoms with van der Waals surface area (Å²) in [7, 11) is 0. The second-order valence-corrected chi connectivity index (χ2v) is 5.31. The van der Waals surface area contributed by atoms with Crippen LogP contribution in [0.1, 0.15) is 20.8 Å². The maximum absolute atomic E-state index is 12.0. The third kappa shape index (κ3) is 4.31. The standard InChI is InChI=1S/C13H16BrNO4/c1-4-18-12(17)13(2,3)11(16)8-19-10-5-9(14)6-15-7-10/h5-7H,4,8H2,1-3H3. The summed E-state index contributed by atoms with van der Waals surface area (Å²) in [4.78, 5) is 27.5. The Labute approximate surface area is 120 Å². The summed E-state index contributed by atoms with van der Waals surface area (Å²) in [5.41, 5.74) is -1.21. The van der Waals surface area contributed by atoms with Gasteiger partial charge in [-0.1, -0.05) is 0 Å². The van der Waals surface area contributed by atoms with Gasteiger partial charge in [-0.25, -0.2) is 0 Å². The number of hydrogen-bond donors (Lipinski definition) is 0. The minimum atomic E-state index is -1.21. The first-order chi connectivity index (χ1) is 8.87. The molecule has 1 rings (SSSR count). The first-order valence-electron chi connectivity index (χ1n) is 5.81. The second-order valence-electron chi connectivity index (χ2n) is 4.40. The number of carbonyl (C=O) groups is 2. The first kappa shape index (κ1) is 15.6. The van der Waals surface area contributed by atoms with E-state index in [1.54, 1.807) is 19.2 Å². The van der Waals surface area contributed by atoms with E-state index in [0.29, 0.717) is 5.75 Å². The molecule has 5 nitrogen and oxygen atoms in total. The fourth-order valence-corrected chi connectivity index (χ4v) is 1.57. The Morgan fingerprint density at radius 1 is 1.37 bits per heavy atom. The average Bonchev–Trinajstić information content (AvgIpc) is 2.36. The molecule has 0 aliphatic rings. The Bertz CT molecular complexity index is 473. The van der Waals surface area contributed by atoms with Crippen LogP contribution in [0.2, 0.25) is 0 Å². The molecule has 0 amide bonds. The molecule has 1 aromatic rings. The number of nitrogens with zero attached hydrogens (tertiary/aromatic N) is 1. The van der Waals surface area contributed by atoms with Crippen LogP contribution >= 0.6 is 15.9 Å². The molecule has 104 valence electrons. The van der Waals surface area contributed by atoms with E-state index in [0.717, 1.165) is 4.47 Å². The van der Waals surface area contributed by atoms with E-state index >= 15 is 0 Å². The van der Waals surface area contributed by atoms with Crippen LogP contribution in [0.3, 0.4) is 0 Å². The third-order valence-electron chi connectivity index (χ3n) is 2.53. The zero-order valence-corrected chi connectivity index (χ0v) is 12.7. The minimum Gasteiger partial charge on any atom is -0.484 e. The zero-order chi connectivity index (χ0) is 14.5. The number of hydrogen-bond acceptors (Lipinski definition) is 5. The Kier molecular flexibility index (Phi) is 5.47. The number of carbonyl (C=O) groups excluding carboxylic acids is 2. The van der Waals surface area contributed by atoms with Gasteiger partial charge in [-0.2, -0.15) is 0 Å². The highest BCUT2D eigenvalue weighted by atomic mass is 79.9. The van der Waals surface area contributed by atoms with Crippen molar-refractivity contribution < 1.29 is 19.1 Å². The van der Waals surface area contributed by atoms with Gasteiger partial charge in [0.25, 0.3) is 0 Å². The molecule has 0 radical (unpaired) electrons. The summed E-state index contributed by atoms with van der Waals surface area (Å²) in [5.74, 6) is -0.427. The zero-order valence-electron chi connectivity index (χ0n) is 11.1. The average molecular weight is 330 g/mol. The molecule has 0 unspecified atom stereocenters. The van der Waals surface area contributed by atoms with E-state index in [1.165, 1.54) is 20.0 Å². The van der Waals surface area contributed by atoms with Crippen LogP contribution in [0, 0.1) is 5.41 Å². The molecule has 0 saturated carbocycles. The quantitative estimate of drug-likeness (QED) is 0.592. The van der Waals surface area contributed by atoms with E-state index in [4.69, 9.17) is 9.47 Å². The summed E-state index contributed by atoms with van der Waals surface area (Å²) in [6.07, 6.45) is 3.10. The molecule has 0 N–H and O–H groups in total. The molecule has 0 atom stereocenters. The molecule has 0 aliphatic carbocycles. The monoisotopic (exact) mass is 329 g/mol. The van der Waals surface area contributed by atoms with Gasteiger partial charge < -0.3 is 9.47 Å². The number of pyridine rings is 1. The van der Waals surface area contributed by atoms with Gasteiger partial charge in [0.1, 0.15) is 17.8 Å². The predicted octanol–water partition coefficient (Wildman–Crippen LogP) is 2.38. The van der Waals surface area contributed by atoms with Gasteiger partial charge in [0, 0.05) is 10.7 Å². The van der Waals surface area contributed by atoms with Crippen molar-refractivity contribution in [3.63, 3.8) is 0 Å². The fourth-order valence-electron chi connectivity index (χ4n) is 1.23. The van der Waals surface area contributed by atoms with E-state index in [1.807, 2.05) is 0 Å². The van der Waals surface area contributed by atoms with E-state index in [9.17, 15) is 9.59 Å². The smallest absolute Gasteiger partial charge is 0.319 e. The van der Waals surface area contributed by atoms with Crippen molar-refractivity contribution in [1.82, 2.24) is 4.98 Å². The Hall–Kier alpha value is -1.43. The van der Waals surface area contributed by atoms with Crippen LogP contribution in [-0.4, -0.2) is 30.0 Å². The van der Waals surface area contributed by atoms with Crippen molar-refractivity contribution in [2.45, 2.75) is 20.8 Å². The van der Waals surface area contributed by atoms with Crippen LogP contribution < -0.4 is 4.74 Å². The molecular formula is C13H16BrNO4. The Morgan fingerprint density at radius 3 is 2.63 bits per heavy atom. The molecule has 0 bridgehead atoms. The van der Waals surface area contributed by atoms with Crippen molar-refractivity contribution in [2.75, 3.05) is 13.2 Å². The minimum absolute atomic E-state index is 0.204. The number of Topliss-reactive ketones (excluding diaryl/α,β-unsaturated/α-hetero) is 1. The molecule has 19 heavy (non-hydrogen) atoms. The Balaban J connectivity index is 2.62. The SMILES string of the molecule is CCOC(=O)C(C)(C)C(=O)COc1cncc(Br)c1. The molecule has 0 aliphatic heterocycles. The lowest BCUT2D eigenvalue weighted by Gasteiger charge is -2.20. The van der Waals surface area contributed by atoms with Gasteiger partial charge in [0.05, 0.1) is 12.8 Å². The van der Waals surface area contributed by atoms with Gasteiger partial charge in [0.15, 0.2) is 5.78 Å². The van der Waals surface area contributed by atoms with Gasteiger partial charge in [-0.05, 0) is 42.8 Å². The predicted molar refractivity (Wildman–Crippen MR) is 72.9 cm³/mol. The van der Waals surface area contributed by atoms with Gasteiger partial charge in [0.2, 0.25) is 0 Å². The lowest BCUT2D eigenvalue weighted by molar-refractivity contribution is -0.158. The van der Waals surface area contributed by atoms with Crippen molar-refractivity contribution in [3.05, 3.63) is 22.9 Å². The van der Waals surface area contributed by atoms with Gasteiger partial charge in [-0.3, -0.25) is 14.6 Å². The summed E-state index contributed by atoms with van der Waals surface area (Å²) >= 11 is 3.25. The van der Waals surface area contributed by atoms with E-state index < -0.39 is 11.4 Å². The summed E-state index contributed by atoms with van der Waals surface area (Å²) in [6.45, 7) is 4.78. The number of ether oxygens (including phenoxy) is 2. The van der Waals surface area contributed by atoms with Crippen LogP contribution in [-0.2, 0) is 14.3 Å². The number of ketones is 1. The van der Waals surface area contributed by atoms with E-state index in [2.05, 4.69) is 20.9 Å². The molecular weight excluding hydrogens is 314 g/mol. The normalized spacial score (nSPS) is 10.9. The molecule has 1 aromatic heterocycles. The molecule has 6 heteroatoms. The van der Waals surface area contributed by atoms with Gasteiger partial charge >= 0.3 is 5.97 Å². The summed E-state index contributed by atoms with van der Waals surface area (Å²) < 4.78 is 10.9. The van der Waals surface area contributed by atoms with Crippen molar-refractivity contribution in [3.8, 4) is 5.75 Å². The second kappa shape index (κ2) is 6.65. The highest BCUT2D eigenvalue weighted by molar-refractivity contribution is 9.10. The van der Waals surface area contributed by atoms with Gasteiger partial charge in [-0.15, -0.1) is 0 Å². The van der Waals surface area contributed by atoms with Crippen molar-refractivity contribution in [2.24, 2.45) is 5.41 Å². The van der Waals surface area contributed by atoms with Crippen LogP contribution in [0.4, 0.5) is 0 Å². The molecule has 0 saturated heterocycles. The summed E-state index contributed by atoms with van der Waals surface area (Å²) in [6, 6.07) is 1.69. The third-order valence-corrected chi connectivity index (χ3v) is 2.97. The van der Waals surface area contributed by atoms with E-state index in [-0.39, 0.29) is 19.0 Å². The first-order valence-corrected chi connectivity index (χ1v) is 6.61. The number of rotatable bonds is 6. The highest BCUT2D eigenvalue weighted by Gasteiger charge is 2.37. The fraction of sp³-hybridized carbons (Fsp3) is 0.462. The maximum Gasteiger partial charge on any atom is 0.319 e. The molecule has 0 fully saturated rings. The number of aromatic nitrogens is 1. The number of halogens is 1. The largest absolute Gasteiger partial charge is 0.484 e. The highest BCUT2D eigenvalue weighted by Crippen LogP contribution is 2.21. The van der Waals surface area contributed by atoms with Crippen molar-refractivity contribution >= 4 is 27.7 Å².